The van der Waals surface area contributed by atoms with Gasteiger partial charge in [0.25, 0.3) is 5.91 Å². The van der Waals surface area contributed by atoms with E-state index in [9.17, 15) is 9.59 Å². The van der Waals surface area contributed by atoms with E-state index in [4.69, 9.17) is 22.8 Å². The van der Waals surface area contributed by atoms with Gasteiger partial charge in [-0.3, -0.25) is 14.7 Å². The molecule has 1 saturated heterocycles. The van der Waals surface area contributed by atoms with Crippen molar-refractivity contribution in [2.75, 3.05) is 31.1 Å². The molecule has 2 aliphatic heterocycles. The number of halogens is 1. The lowest BCUT2D eigenvalue weighted by Crippen LogP contribution is -2.52. The van der Waals surface area contributed by atoms with Crippen LogP contribution >= 0.6 is 11.6 Å². The highest BCUT2D eigenvalue weighted by molar-refractivity contribution is 6.30. The highest BCUT2D eigenvalue weighted by atomic mass is 35.5. The molecule has 10 heteroatoms. The maximum atomic E-state index is 13.0. The summed E-state index contributed by atoms with van der Waals surface area (Å²) in [4.78, 5) is 43.5. The van der Waals surface area contributed by atoms with Crippen molar-refractivity contribution in [3.05, 3.63) is 47.1 Å². The Kier molecular flexibility index (Phi) is 6.02. The molecule has 2 amide bonds. The SMILES string of the molecule is C#CC(CC)N1CCN(C(=O)O[C@H]2c3nccnc3C(=O)N2c2ccc(Cl)cn2)CC1. The number of anilines is 1. The largest absolute Gasteiger partial charge is 0.419 e. The van der Waals surface area contributed by atoms with Crippen molar-refractivity contribution in [1.82, 2.24) is 24.8 Å². The van der Waals surface area contributed by atoms with Crippen molar-refractivity contribution in [3.63, 3.8) is 0 Å². The van der Waals surface area contributed by atoms with Crippen molar-refractivity contribution in [2.24, 2.45) is 0 Å². The molecule has 0 bridgehead atoms. The number of carbonyl (C=O) groups excluding carboxylic acids is 2. The zero-order valence-electron chi connectivity index (χ0n) is 16.9. The minimum atomic E-state index is -1.07. The van der Waals surface area contributed by atoms with Gasteiger partial charge >= 0.3 is 6.09 Å². The summed E-state index contributed by atoms with van der Waals surface area (Å²) in [5.74, 6) is 2.63. The number of terminal acetylenes is 1. The number of aromatic nitrogens is 3. The first kappa shape index (κ1) is 21.0. The van der Waals surface area contributed by atoms with Crippen LogP contribution in [-0.4, -0.2) is 69.0 Å². The smallest absolute Gasteiger partial charge is 0.412 e. The second kappa shape index (κ2) is 8.88. The number of piperazine rings is 1. The number of hydrogen-bond donors (Lipinski definition) is 0. The molecule has 160 valence electrons. The Morgan fingerprint density at radius 2 is 2.00 bits per heavy atom. The topological polar surface area (TPSA) is 91.8 Å². The maximum absolute atomic E-state index is 13.0. The molecule has 9 nitrogen and oxygen atoms in total. The molecule has 2 aromatic rings. The van der Waals surface area contributed by atoms with Crippen molar-refractivity contribution in [2.45, 2.75) is 25.6 Å². The minimum Gasteiger partial charge on any atom is -0.419 e. The Hall–Kier alpha value is -3.22. The number of pyridine rings is 1. The van der Waals surface area contributed by atoms with Crippen LogP contribution in [0.15, 0.2) is 30.7 Å². The molecule has 4 rings (SSSR count). The molecule has 0 saturated carbocycles. The molecule has 31 heavy (non-hydrogen) atoms. The van der Waals surface area contributed by atoms with Gasteiger partial charge in [0.1, 0.15) is 11.5 Å². The van der Waals surface area contributed by atoms with Gasteiger partial charge in [0.05, 0.1) is 11.1 Å². The van der Waals surface area contributed by atoms with Crippen LogP contribution in [0.25, 0.3) is 0 Å². The van der Waals surface area contributed by atoms with Gasteiger partial charge in [-0.05, 0) is 18.6 Å². The van der Waals surface area contributed by atoms with Gasteiger partial charge in [-0.1, -0.05) is 24.4 Å². The zero-order chi connectivity index (χ0) is 22.0. The molecule has 0 aromatic carbocycles. The number of carbonyl (C=O) groups is 2. The van der Waals surface area contributed by atoms with Gasteiger partial charge in [0.2, 0.25) is 6.23 Å². The quantitative estimate of drug-likeness (QED) is 0.674. The number of rotatable bonds is 4. The molecule has 2 atom stereocenters. The van der Waals surface area contributed by atoms with Gasteiger partial charge in [-0.25, -0.2) is 19.7 Å². The molecule has 2 aromatic heterocycles. The predicted octanol–water partition coefficient (Wildman–Crippen LogP) is 2.35. The van der Waals surface area contributed by atoms with E-state index in [0.717, 1.165) is 6.42 Å². The second-order valence-corrected chi connectivity index (χ2v) is 7.59. The van der Waals surface area contributed by atoms with Crippen LogP contribution in [0.2, 0.25) is 5.02 Å². The third-order valence-electron chi connectivity index (χ3n) is 5.38. The van der Waals surface area contributed by atoms with E-state index < -0.39 is 18.2 Å². The normalized spacial score (nSPS) is 19.6. The van der Waals surface area contributed by atoms with Crippen LogP contribution < -0.4 is 4.90 Å². The fourth-order valence-corrected chi connectivity index (χ4v) is 3.86. The highest BCUT2D eigenvalue weighted by Crippen LogP contribution is 2.35. The van der Waals surface area contributed by atoms with Crippen LogP contribution in [0.5, 0.6) is 0 Å². The molecule has 0 radical (unpaired) electrons. The fourth-order valence-electron chi connectivity index (χ4n) is 3.75. The van der Waals surface area contributed by atoms with Crippen molar-refractivity contribution >= 4 is 29.4 Å². The Morgan fingerprint density at radius 1 is 1.26 bits per heavy atom. The number of ether oxygens (including phenoxy) is 1. The molecule has 0 spiro atoms. The summed E-state index contributed by atoms with van der Waals surface area (Å²) in [6, 6.07) is 3.24. The first-order valence-corrected chi connectivity index (χ1v) is 10.3. The lowest BCUT2D eigenvalue weighted by molar-refractivity contribution is 0.0414. The third kappa shape index (κ3) is 4.04. The van der Waals surface area contributed by atoms with Crippen molar-refractivity contribution in [3.8, 4) is 12.3 Å². The maximum Gasteiger partial charge on any atom is 0.412 e. The van der Waals surface area contributed by atoms with Crippen molar-refractivity contribution in [1.29, 1.82) is 0 Å². The Morgan fingerprint density at radius 3 is 2.65 bits per heavy atom. The number of nitrogens with zero attached hydrogens (tertiary/aromatic N) is 6. The van der Waals surface area contributed by atoms with Gasteiger partial charge in [-0.15, -0.1) is 6.42 Å². The average molecular weight is 441 g/mol. The zero-order valence-corrected chi connectivity index (χ0v) is 17.7. The summed E-state index contributed by atoms with van der Waals surface area (Å²) < 4.78 is 5.75. The molecule has 1 unspecified atom stereocenters. The Bertz CT molecular complexity index is 1020. The minimum absolute atomic E-state index is 0.0549. The molecule has 1 fully saturated rings. The summed E-state index contributed by atoms with van der Waals surface area (Å²) in [5.41, 5.74) is 0.399. The van der Waals surface area contributed by atoms with Crippen LogP contribution in [0.3, 0.4) is 0 Å². The highest BCUT2D eigenvalue weighted by Gasteiger charge is 2.44. The average Bonchev–Trinajstić information content (AvgIpc) is 3.07. The van der Waals surface area contributed by atoms with Crippen LogP contribution in [0, 0.1) is 12.3 Å². The van der Waals surface area contributed by atoms with Crippen LogP contribution in [-0.2, 0) is 4.74 Å². The number of fused-ring (bicyclic) bond motifs is 1. The van der Waals surface area contributed by atoms with Gasteiger partial charge in [-0.2, -0.15) is 0 Å². The first-order chi connectivity index (χ1) is 15.0. The first-order valence-electron chi connectivity index (χ1n) is 9.95. The Balaban J connectivity index is 1.53. The lowest BCUT2D eigenvalue weighted by atomic mass is 10.2. The molecule has 2 aliphatic rings. The fraction of sp³-hybridized carbons (Fsp3) is 0.381. The van der Waals surface area contributed by atoms with Gasteiger partial charge in [0.15, 0.2) is 5.69 Å². The summed E-state index contributed by atoms with van der Waals surface area (Å²) in [6.07, 6.45) is 9.13. The third-order valence-corrected chi connectivity index (χ3v) is 5.60. The van der Waals surface area contributed by atoms with E-state index in [2.05, 4.69) is 25.8 Å². The van der Waals surface area contributed by atoms with Gasteiger partial charge in [0, 0.05) is 44.8 Å². The van der Waals surface area contributed by atoms with Crippen molar-refractivity contribution < 1.29 is 14.3 Å². The molecular weight excluding hydrogens is 420 g/mol. The second-order valence-electron chi connectivity index (χ2n) is 7.15. The summed E-state index contributed by atoms with van der Waals surface area (Å²) in [6.45, 7) is 4.30. The van der Waals surface area contributed by atoms with E-state index in [1.165, 1.54) is 23.5 Å². The predicted molar refractivity (Wildman–Crippen MR) is 113 cm³/mol. The van der Waals surface area contributed by atoms with Crippen LogP contribution in [0.1, 0.15) is 35.8 Å². The number of hydrogen-bond acceptors (Lipinski definition) is 7. The number of amides is 2. The van der Waals surface area contributed by atoms with E-state index in [1.807, 2.05) is 6.92 Å². The summed E-state index contributed by atoms with van der Waals surface area (Å²) in [5, 5.41) is 0.424. The molecule has 0 N–H and O–H groups in total. The van der Waals surface area contributed by atoms with E-state index in [0.29, 0.717) is 31.2 Å². The monoisotopic (exact) mass is 440 g/mol. The molecular formula is C21H21ClN6O3. The van der Waals surface area contributed by atoms with E-state index in [-0.39, 0.29) is 23.2 Å². The Labute approximate surface area is 185 Å². The van der Waals surface area contributed by atoms with E-state index in [1.54, 1.807) is 17.0 Å². The molecule has 0 aliphatic carbocycles. The van der Waals surface area contributed by atoms with Crippen LogP contribution in [0.4, 0.5) is 10.6 Å². The van der Waals surface area contributed by atoms with Gasteiger partial charge < -0.3 is 9.64 Å². The molecule has 4 heterocycles. The standard InChI is InChI=1S/C21H21ClN6O3/c1-3-15(4-2)26-9-11-27(12-10-26)21(30)31-20-18-17(23-7-8-24-18)19(29)28(20)16-6-5-14(22)13-25-16/h1,5-8,13,15,20H,4,9-12H2,2H3/t15?,20-/m0/s1. The summed E-state index contributed by atoms with van der Waals surface area (Å²) in [7, 11) is 0. The lowest BCUT2D eigenvalue weighted by Gasteiger charge is -2.37. The van der Waals surface area contributed by atoms with E-state index >= 15 is 0 Å². The summed E-state index contributed by atoms with van der Waals surface area (Å²) >= 11 is 5.92.